The number of allylic oxidation sites excluding steroid dienone is 1. The van der Waals surface area contributed by atoms with Crippen molar-refractivity contribution >= 4 is 30.0 Å². The summed E-state index contributed by atoms with van der Waals surface area (Å²) in [6.45, 7) is 6.09. The highest BCUT2D eigenvalue weighted by Crippen LogP contribution is 2.48. The number of amides is 4. The first kappa shape index (κ1) is 33.8. The predicted octanol–water partition coefficient (Wildman–Crippen LogP) is 4.40. The summed E-state index contributed by atoms with van der Waals surface area (Å²) in [5.41, 5.74) is 0.0602. The lowest BCUT2D eigenvalue weighted by atomic mass is 9.61. The van der Waals surface area contributed by atoms with E-state index in [1.165, 1.54) is 10.5 Å². The molecule has 0 radical (unpaired) electrons. The topological polar surface area (TPSA) is 155 Å². The smallest absolute Gasteiger partial charge is 0.410 e. The molecule has 3 heterocycles. The summed E-state index contributed by atoms with van der Waals surface area (Å²) in [5, 5.41) is 15.6. The Balaban J connectivity index is 1.23. The lowest BCUT2D eigenvalue weighted by Gasteiger charge is -2.49. The zero-order valence-electron chi connectivity index (χ0n) is 28.2. The van der Waals surface area contributed by atoms with Crippen LogP contribution >= 0.6 is 0 Å². The molecule has 0 aromatic heterocycles. The lowest BCUT2D eigenvalue weighted by Crippen LogP contribution is -2.56. The summed E-state index contributed by atoms with van der Waals surface area (Å²) in [6.07, 6.45) is 8.44. The highest BCUT2D eigenvalue weighted by atomic mass is 16.6. The Hall–Kier alpha value is -4.09. The highest BCUT2D eigenvalue weighted by molar-refractivity contribution is 5.96. The molecule has 260 valence electrons. The maximum Gasteiger partial charge on any atom is 0.410 e. The van der Waals surface area contributed by atoms with Crippen molar-refractivity contribution < 1.29 is 38.6 Å². The number of fused-ring (bicyclic) bond motifs is 4. The minimum atomic E-state index is -1.45. The van der Waals surface area contributed by atoms with Crippen molar-refractivity contribution in [3.05, 3.63) is 47.5 Å². The predicted molar refractivity (Wildman–Crippen MR) is 175 cm³/mol. The molecule has 2 saturated carbocycles. The standard InChI is InChI=1S/C36H48N4O8/c1-34(2,3)48-32(45)37-27-15-8-6-4-5-7-13-24-19-36(24,31(43)44)38-29(41)28-18-25(21-40(28)30(27)42)47-33(46)39-20-23-12-9-10-14-26(23)35(22-39)16-11-17-35/h7,9-10,12-14,24-25,27-28H,4-6,8,11,15-22H2,1-3H3,(H,37,45)(H,38,41)(H,43,44)/b13-7-/t24-,25-,27?,28+,36-/m1/s1. The van der Waals surface area contributed by atoms with E-state index in [1.807, 2.05) is 30.4 Å². The normalized spacial score (nSPS) is 30.6. The first-order chi connectivity index (χ1) is 22.8. The van der Waals surface area contributed by atoms with Crippen LogP contribution in [0.1, 0.15) is 96.1 Å². The number of benzene rings is 1. The maximum atomic E-state index is 14.2. The number of rotatable bonds is 3. The molecule has 1 unspecified atom stereocenters. The molecule has 3 fully saturated rings. The minimum Gasteiger partial charge on any atom is -0.479 e. The minimum absolute atomic E-state index is 0.00818. The molecule has 48 heavy (non-hydrogen) atoms. The average Bonchev–Trinajstić information content (AvgIpc) is 3.54. The van der Waals surface area contributed by atoms with E-state index >= 15 is 0 Å². The van der Waals surface area contributed by atoms with Crippen LogP contribution in [0.3, 0.4) is 0 Å². The SMILES string of the molecule is CC(C)(C)OC(=O)NC1CCCCC/C=C\[C@@H]2C[C@@]2(C(=O)O)NC(=O)[C@@H]2C[C@@H](OC(=O)N3Cc4ccccc4C4(CCC4)C3)CN2C1=O. The van der Waals surface area contributed by atoms with Gasteiger partial charge >= 0.3 is 18.2 Å². The van der Waals surface area contributed by atoms with Crippen LogP contribution in [0.4, 0.5) is 9.59 Å². The summed E-state index contributed by atoms with van der Waals surface area (Å²) in [6, 6.07) is 6.12. The van der Waals surface area contributed by atoms with E-state index in [9.17, 15) is 29.1 Å². The molecular formula is C36H48N4O8. The number of carboxylic acid groups (broad SMARTS) is 1. The van der Waals surface area contributed by atoms with Crippen molar-refractivity contribution in [3.63, 3.8) is 0 Å². The van der Waals surface area contributed by atoms with E-state index in [2.05, 4.69) is 16.7 Å². The highest BCUT2D eigenvalue weighted by Gasteiger charge is 2.61. The van der Waals surface area contributed by atoms with E-state index in [0.717, 1.165) is 44.1 Å². The first-order valence-electron chi connectivity index (χ1n) is 17.4. The van der Waals surface area contributed by atoms with Crippen LogP contribution in [0.2, 0.25) is 0 Å². The van der Waals surface area contributed by atoms with E-state index < -0.39 is 59.3 Å². The molecule has 3 aliphatic heterocycles. The maximum absolute atomic E-state index is 14.2. The number of hydrogen-bond donors (Lipinski definition) is 3. The Kier molecular flexibility index (Phi) is 9.21. The van der Waals surface area contributed by atoms with Gasteiger partial charge < -0.3 is 35.0 Å². The number of aliphatic carboxylic acids is 1. The van der Waals surface area contributed by atoms with Crippen molar-refractivity contribution in [2.24, 2.45) is 5.92 Å². The molecule has 3 N–H and O–H groups in total. The lowest BCUT2D eigenvalue weighted by molar-refractivity contribution is -0.145. The zero-order valence-corrected chi connectivity index (χ0v) is 28.2. The Morgan fingerprint density at radius 3 is 2.54 bits per heavy atom. The first-order valence-corrected chi connectivity index (χ1v) is 17.4. The number of ether oxygens (including phenoxy) is 2. The summed E-state index contributed by atoms with van der Waals surface area (Å²) in [4.78, 5) is 70.1. The van der Waals surface area contributed by atoms with Crippen LogP contribution in [-0.4, -0.2) is 87.3 Å². The molecule has 6 rings (SSSR count). The second-order valence-corrected chi connectivity index (χ2v) is 15.2. The van der Waals surface area contributed by atoms with Gasteiger partial charge in [0.15, 0.2) is 0 Å². The van der Waals surface area contributed by atoms with Crippen molar-refractivity contribution in [2.75, 3.05) is 13.1 Å². The van der Waals surface area contributed by atoms with Crippen molar-refractivity contribution in [1.82, 2.24) is 20.4 Å². The Morgan fingerprint density at radius 2 is 1.83 bits per heavy atom. The summed E-state index contributed by atoms with van der Waals surface area (Å²) in [7, 11) is 0. The van der Waals surface area contributed by atoms with Crippen LogP contribution < -0.4 is 10.6 Å². The fourth-order valence-electron chi connectivity index (χ4n) is 7.86. The molecule has 4 amide bonds. The zero-order chi connectivity index (χ0) is 34.3. The molecule has 5 atom stereocenters. The monoisotopic (exact) mass is 664 g/mol. The van der Waals surface area contributed by atoms with Gasteiger partial charge in [-0.3, -0.25) is 9.59 Å². The average molecular weight is 665 g/mol. The van der Waals surface area contributed by atoms with E-state index in [1.54, 1.807) is 25.7 Å². The molecule has 2 aliphatic carbocycles. The largest absolute Gasteiger partial charge is 0.479 e. The van der Waals surface area contributed by atoms with Crippen LogP contribution in [0.25, 0.3) is 0 Å². The van der Waals surface area contributed by atoms with Gasteiger partial charge in [-0.1, -0.05) is 55.7 Å². The third-order valence-corrected chi connectivity index (χ3v) is 10.6. The number of nitrogens with one attached hydrogen (secondary N) is 2. The van der Waals surface area contributed by atoms with Crippen LogP contribution in [0.5, 0.6) is 0 Å². The van der Waals surface area contributed by atoms with Crippen molar-refractivity contribution in [3.8, 4) is 0 Å². The molecular weight excluding hydrogens is 616 g/mol. The number of alkyl carbamates (subject to hydrolysis) is 1. The molecule has 1 saturated heterocycles. The van der Waals surface area contributed by atoms with Gasteiger partial charge in [-0.15, -0.1) is 0 Å². The van der Waals surface area contributed by atoms with Crippen molar-refractivity contribution in [2.45, 2.75) is 126 Å². The van der Waals surface area contributed by atoms with Gasteiger partial charge in [0.2, 0.25) is 11.8 Å². The third-order valence-electron chi connectivity index (χ3n) is 10.6. The van der Waals surface area contributed by atoms with Gasteiger partial charge in [0, 0.05) is 30.8 Å². The molecule has 12 nitrogen and oxygen atoms in total. The number of carbonyl (C=O) groups excluding carboxylic acids is 4. The third kappa shape index (κ3) is 6.89. The molecule has 1 spiro atoms. The molecule has 1 aromatic rings. The number of carbonyl (C=O) groups is 5. The summed E-state index contributed by atoms with van der Waals surface area (Å²) in [5.74, 6) is -2.60. The van der Waals surface area contributed by atoms with E-state index in [-0.39, 0.29) is 30.7 Å². The van der Waals surface area contributed by atoms with Gasteiger partial charge in [-0.05, 0) is 70.4 Å². The second kappa shape index (κ2) is 13.1. The number of hydrogen-bond acceptors (Lipinski definition) is 7. The molecule has 1 aromatic carbocycles. The van der Waals surface area contributed by atoms with Gasteiger partial charge in [-0.2, -0.15) is 0 Å². The molecule has 12 heteroatoms. The Bertz CT molecular complexity index is 1480. The summed E-state index contributed by atoms with van der Waals surface area (Å²) < 4.78 is 11.5. The number of carboxylic acids is 1. The number of nitrogens with zero attached hydrogens (tertiary/aromatic N) is 2. The Morgan fingerprint density at radius 1 is 1.06 bits per heavy atom. The van der Waals surface area contributed by atoms with Crippen molar-refractivity contribution in [1.29, 1.82) is 0 Å². The second-order valence-electron chi connectivity index (χ2n) is 15.2. The molecule has 0 bridgehead atoms. The van der Waals surface area contributed by atoms with Gasteiger partial charge in [0.25, 0.3) is 0 Å². The van der Waals surface area contributed by atoms with Crippen LogP contribution in [-0.2, 0) is 35.8 Å². The summed E-state index contributed by atoms with van der Waals surface area (Å²) >= 11 is 0. The van der Waals surface area contributed by atoms with E-state index in [4.69, 9.17) is 9.47 Å². The fourth-order valence-corrected chi connectivity index (χ4v) is 7.86. The van der Waals surface area contributed by atoms with Crippen LogP contribution in [0.15, 0.2) is 36.4 Å². The molecule has 5 aliphatic rings. The van der Waals surface area contributed by atoms with Crippen LogP contribution in [0, 0.1) is 5.92 Å². The fraction of sp³-hybridized carbons (Fsp3) is 0.639. The quantitative estimate of drug-likeness (QED) is 0.402. The van der Waals surface area contributed by atoms with Gasteiger partial charge in [-0.25, -0.2) is 14.4 Å². The van der Waals surface area contributed by atoms with Gasteiger partial charge in [0.1, 0.15) is 29.3 Å². The van der Waals surface area contributed by atoms with Gasteiger partial charge in [0.05, 0.1) is 6.54 Å². The Labute approximate surface area is 281 Å². The van der Waals surface area contributed by atoms with E-state index in [0.29, 0.717) is 25.9 Å².